The van der Waals surface area contributed by atoms with Crippen LogP contribution in [0.4, 0.5) is 10.5 Å². The molecule has 36 heavy (non-hydrogen) atoms. The van der Waals surface area contributed by atoms with E-state index in [1.54, 1.807) is 30.2 Å². The van der Waals surface area contributed by atoms with Crippen LogP contribution in [0.5, 0.6) is 0 Å². The van der Waals surface area contributed by atoms with Gasteiger partial charge in [0.2, 0.25) is 5.91 Å². The molecule has 0 aromatic carbocycles. The number of imidazole rings is 1. The van der Waals surface area contributed by atoms with Crippen LogP contribution in [0.15, 0.2) is 18.3 Å². The lowest BCUT2D eigenvalue weighted by molar-refractivity contribution is -0.122. The van der Waals surface area contributed by atoms with Gasteiger partial charge in [0.15, 0.2) is 5.69 Å². The highest BCUT2D eigenvalue weighted by molar-refractivity contribution is 6.32. The molecule has 2 atom stereocenters. The number of hydrogen-bond acceptors (Lipinski definition) is 6. The van der Waals surface area contributed by atoms with Crippen molar-refractivity contribution in [3.05, 3.63) is 29.2 Å². The molecule has 9 nitrogen and oxygen atoms in total. The van der Waals surface area contributed by atoms with Crippen molar-refractivity contribution in [2.45, 2.75) is 77.9 Å². The zero-order valence-electron chi connectivity index (χ0n) is 21.4. The second-order valence-electron chi connectivity index (χ2n) is 10.6. The van der Waals surface area contributed by atoms with E-state index in [1.165, 1.54) is 10.8 Å². The molecule has 4 rings (SSSR count). The summed E-state index contributed by atoms with van der Waals surface area (Å²) in [5.41, 5.74) is 0.310. The molecule has 1 aliphatic heterocycles. The zero-order valence-corrected chi connectivity index (χ0v) is 22.1. The highest BCUT2D eigenvalue weighted by Crippen LogP contribution is 2.40. The number of aromatic nitrogens is 2. The standard InChI is InChI=1S/C26H35ClN4O5/c1-5-35-24(33)20-22(27)31-15-17(11-12-19(31)29-20)28-23(32)21-18(16-9-7-6-8-10-16)13-14-30(21)25(34)36-26(2,3)4/h11-12,15-16,18,21H,5-10,13-14H2,1-4H3,(H,28,32)/t18-,21+/m0/s1. The molecule has 3 heterocycles. The van der Waals surface area contributed by atoms with Gasteiger partial charge in [-0.15, -0.1) is 0 Å². The maximum absolute atomic E-state index is 13.7. The predicted octanol–water partition coefficient (Wildman–Crippen LogP) is 5.31. The number of pyridine rings is 1. The van der Waals surface area contributed by atoms with Crippen molar-refractivity contribution in [3.63, 3.8) is 0 Å². The van der Waals surface area contributed by atoms with E-state index < -0.39 is 23.7 Å². The molecule has 0 bridgehead atoms. The fraction of sp³-hybridized carbons (Fsp3) is 0.615. The van der Waals surface area contributed by atoms with Gasteiger partial charge >= 0.3 is 12.1 Å². The van der Waals surface area contributed by atoms with Crippen LogP contribution in [0.25, 0.3) is 5.65 Å². The lowest BCUT2D eigenvalue weighted by Gasteiger charge is -2.34. The number of carbonyl (C=O) groups excluding carboxylic acids is 3. The van der Waals surface area contributed by atoms with E-state index in [9.17, 15) is 14.4 Å². The first kappa shape index (κ1) is 26.3. The third-order valence-corrected chi connectivity index (χ3v) is 7.25. The molecule has 1 N–H and O–H groups in total. The number of halogens is 1. The molecule has 2 fully saturated rings. The van der Waals surface area contributed by atoms with Gasteiger partial charge in [-0.2, -0.15) is 0 Å². The van der Waals surface area contributed by atoms with Gasteiger partial charge in [-0.1, -0.05) is 43.7 Å². The molecule has 0 radical (unpaired) electrons. The first-order valence-corrected chi connectivity index (χ1v) is 13.1. The Labute approximate surface area is 216 Å². The Morgan fingerprint density at radius 3 is 2.53 bits per heavy atom. The third kappa shape index (κ3) is 5.61. The number of carbonyl (C=O) groups is 3. The number of esters is 1. The van der Waals surface area contributed by atoms with Crippen LogP contribution in [0.3, 0.4) is 0 Å². The summed E-state index contributed by atoms with van der Waals surface area (Å²) in [6.45, 7) is 7.88. The van der Waals surface area contributed by atoms with Gasteiger partial charge < -0.3 is 14.8 Å². The Hall–Kier alpha value is -2.81. The van der Waals surface area contributed by atoms with Gasteiger partial charge in [-0.25, -0.2) is 14.6 Å². The van der Waals surface area contributed by atoms with Crippen LogP contribution in [-0.4, -0.2) is 57.0 Å². The largest absolute Gasteiger partial charge is 0.461 e. The fourth-order valence-electron chi connectivity index (χ4n) is 5.37. The summed E-state index contributed by atoms with van der Waals surface area (Å²) in [5.74, 6) is -0.380. The number of anilines is 1. The van der Waals surface area contributed by atoms with E-state index in [4.69, 9.17) is 21.1 Å². The third-order valence-electron chi connectivity index (χ3n) is 6.89. The van der Waals surface area contributed by atoms with Crippen molar-refractivity contribution in [1.29, 1.82) is 0 Å². The van der Waals surface area contributed by atoms with Crippen LogP contribution in [-0.2, 0) is 14.3 Å². The van der Waals surface area contributed by atoms with Crippen molar-refractivity contribution < 1.29 is 23.9 Å². The molecule has 0 spiro atoms. The van der Waals surface area contributed by atoms with Gasteiger partial charge in [-0.3, -0.25) is 14.1 Å². The van der Waals surface area contributed by atoms with Crippen LogP contribution in [0.2, 0.25) is 5.15 Å². The molecule has 2 aliphatic rings. The second kappa shape index (κ2) is 10.7. The number of nitrogens with one attached hydrogen (secondary N) is 1. The summed E-state index contributed by atoms with van der Waals surface area (Å²) in [7, 11) is 0. The second-order valence-corrected chi connectivity index (χ2v) is 10.9. The van der Waals surface area contributed by atoms with Crippen LogP contribution in [0.1, 0.15) is 76.7 Å². The fourth-order valence-corrected chi connectivity index (χ4v) is 5.62. The van der Waals surface area contributed by atoms with Crippen molar-refractivity contribution in [1.82, 2.24) is 14.3 Å². The van der Waals surface area contributed by atoms with Crippen molar-refractivity contribution in [2.75, 3.05) is 18.5 Å². The molecule has 1 saturated carbocycles. The Balaban J connectivity index is 1.59. The molecular formula is C26H35ClN4O5. The molecule has 0 unspecified atom stereocenters. The molecule has 1 saturated heterocycles. The van der Waals surface area contributed by atoms with Gasteiger partial charge in [0.25, 0.3) is 0 Å². The number of fused-ring (bicyclic) bond motifs is 1. The predicted molar refractivity (Wildman–Crippen MR) is 136 cm³/mol. The Morgan fingerprint density at radius 2 is 1.86 bits per heavy atom. The summed E-state index contributed by atoms with van der Waals surface area (Å²) in [6.07, 6.45) is 7.60. The van der Waals surface area contributed by atoms with Crippen LogP contribution >= 0.6 is 11.6 Å². The molecule has 2 amide bonds. The Morgan fingerprint density at radius 1 is 1.14 bits per heavy atom. The monoisotopic (exact) mass is 518 g/mol. The first-order valence-electron chi connectivity index (χ1n) is 12.7. The zero-order chi connectivity index (χ0) is 26.0. The smallest absolute Gasteiger partial charge is 0.410 e. The van der Waals surface area contributed by atoms with Crippen LogP contribution in [0, 0.1) is 11.8 Å². The van der Waals surface area contributed by atoms with E-state index in [2.05, 4.69) is 10.3 Å². The minimum absolute atomic E-state index is 0.0197. The minimum atomic E-state index is -0.652. The van der Waals surface area contributed by atoms with Crippen LogP contribution < -0.4 is 5.32 Å². The maximum Gasteiger partial charge on any atom is 0.410 e. The number of amides is 2. The summed E-state index contributed by atoms with van der Waals surface area (Å²) >= 11 is 6.39. The van der Waals surface area contributed by atoms with Gasteiger partial charge in [0.1, 0.15) is 22.4 Å². The SMILES string of the molecule is CCOC(=O)c1nc2ccc(NC(=O)[C@H]3[C@H](C4CCCCC4)CCN3C(=O)OC(C)(C)C)cn2c1Cl. The molecule has 196 valence electrons. The maximum atomic E-state index is 13.7. The molecular weight excluding hydrogens is 484 g/mol. The lowest BCUT2D eigenvalue weighted by atomic mass is 9.76. The Bertz CT molecular complexity index is 1140. The van der Waals surface area contributed by atoms with Crippen molar-refractivity contribution in [2.24, 2.45) is 11.8 Å². The van der Waals surface area contributed by atoms with Gasteiger partial charge in [-0.05, 0) is 58.1 Å². The normalized spacial score (nSPS) is 21.0. The minimum Gasteiger partial charge on any atom is -0.461 e. The van der Waals surface area contributed by atoms with E-state index in [0.717, 1.165) is 32.1 Å². The average molecular weight is 519 g/mol. The van der Waals surface area contributed by atoms with Gasteiger partial charge in [0.05, 0.1) is 12.3 Å². The van der Waals surface area contributed by atoms with E-state index >= 15 is 0 Å². The summed E-state index contributed by atoms with van der Waals surface area (Å²) in [5, 5.41) is 3.08. The highest BCUT2D eigenvalue weighted by Gasteiger charge is 2.46. The number of rotatable bonds is 5. The Kier molecular flexibility index (Phi) is 7.78. The summed E-state index contributed by atoms with van der Waals surface area (Å²) < 4.78 is 12.2. The number of likely N-dealkylation sites (tertiary alicyclic amines) is 1. The van der Waals surface area contributed by atoms with Crippen molar-refractivity contribution in [3.8, 4) is 0 Å². The molecule has 2 aromatic heterocycles. The summed E-state index contributed by atoms with van der Waals surface area (Å²) in [4.78, 5) is 44.7. The van der Waals surface area contributed by atoms with E-state index in [-0.39, 0.29) is 29.3 Å². The highest BCUT2D eigenvalue weighted by atomic mass is 35.5. The molecule has 1 aliphatic carbocycles. The number of nitrogens with zero attached hydrogens (tertiary/aromatic N) is 3. The van der Waals surface area contributed by atoms with Crippen molar-refractivity contribution >= 4 is 40.9 Å². The number of hydrogen-bond donors (Lipinski definition) is 1. The number of ether oxygens (including phenoxy) is 2. The van der Waals surface area contributed by atoms with E-state index in [0.29, 0.717) is 23.8 Å². The molecule has 2 aromatic rings. The van der Waals surface area contributed by atoms with Gasteiger partial charge in [0, 0.05) is 12.7 Å². The lowest BCUT2D eigenvalue weighted by Crippen LogP contribution is -2.49. The quantitative estimate of drug-likeness (QED) is 0.538. The average Bonchev–Trinajstić information content (AvgIpc) is 3.41. The molecule has 10 heteroatoms. The van der Waals surface area contributed by atoms with E-state index in [1.807, 2.05) is 20.8 Å². The topological polar surface area (TPSA) is 102 Å². The first-order chi connectivity index (χ1) is 17.1. The summed E-state index contributed by atoms with van der Waals surface area (Å²) in [6, 6.07) is 2.75.